The van der Waals surface area contributed by atoms with Crippen molar-refractivity contribution in [3.8, 4) is 0 Å². The minimum Gasteiger partial charge on any atom is -0.377 e. The number of ether oxygens (including phenoxy) is 2. The third kappa shape index (κ3) is 2.90. The van der Waals surface area contributed by atoms with E-state index in [-0.39, 0.29) is 25.0 Å². The highest BCUT2D eigenvalue weighted by atomic mass is 16.5. The number of rotatable bonds is 3. The highest BCUT2D eigenvalue weighted by Crippen LogP contribution is 2.07. The van der Waals surface area contributed by atoms with Crippen LogP contribution in [0, 0.1) is 0 Å². The number of methoxy groups -OCH3 is 1. The van der Waals surface area contributed by atoms with Crippen molar-refractivity contribution in [1.29, 1.82) is 0 Å². The second-order valence-electron chi connectivity index (χ2n) is 3.23. The molecule has 0 aromatic carbocycles. The highest BCUT2D eigenvalue weighted by molar-refractivity contribution is 5.88. The number of carbonyl (C=O) groups excluding carboxylic acids is 2. The van der Waals surface area contributed by atoms with Crippen LogP contribution in [0.1, 0.15) is 0 Å². The molecule has 1 atom stereocenters. The standard InChI is InChI=1S/C9H16N2O4/c1-10-9(13)7-5-15-4-3-11(7)8(12)6-14-2/h7H,3-6H2,1-2H3,(H,10,13). The summed E-state index contributed by atoms with van der Waals surface area (Å²) in [6, 6.07) is -0.536. The SMILES string of the molecule is CNC(=O)C1COCCN1C(=O)COC. The van der Waals surface area contributed by atoms with E-state index >= 15 is 0 Å². The first-order valence-electron chi connectivity index (χ1n) is 4.78. The van der Waals surface area contributed by atoms with Gasteiger partial charge in [-0.2, -0.15) is 0 Å². The number of carbonyl (C=O) groups is 2. The van der Waals surface area contributed by atoms with Gasteiger partial charge in [0.25, 0.3) is 0 Å². The quantitative estimate of drug-likeness (QED) is 0.630. The van der Waals surface area contributed by atoms with E-state index in [2.05, 4.69) is 5.32 Å². The van der Waals surface area contributed by atoms with Crippen molar-refractivity contribution in [2.75, 3.05) is 40.5 Å². The molecule has 1 heterocycles. The second kappa shape index (κ2) is 5.67. The zero-order valence-electron chi connectivity index (χ0n) is 8.99. The summed E-state index contributed by atoms with van der Waals surface area (Å²) in [6.45, 7) is 1.13. The zero-order valence-corrected chi connectivity index (χ0v) is 8.99. The molecule has 0 aliphatic carbocycles. The van der Waals surface area contributed by atoms with Crippen LogP contribution in [0.15, 0.2) is 0 Å². The Morgan fingerprint density at radius 1 is 1.60 bits per heavy atom. The fourth-order valence-corrected chi connectivity index (χ4v) is 1.49. The second-order valence-corrected chi connectivity index (χ2v) is 3.23. The molecule has 1 N–H and O–H groups in total. The van der Waals surface area contributed by atoms with Crippen molar-refractivity contribution >= 4 is 11.8 Å². The first-order chi connectivity index (χ1) is 7.20. The summed E-state index contributed by atoms with van der Waals surface area (Å²) >= 11 is 0. The zero-order chi connectivity index (χ0) is 11.3. The molecular weight excluding hydrogens is 200 g/mol. The van der Waals surface area contributed by atoms with E-state index in [0.29, 0.717) is 13.2 Å². The predicted octanol–water partition coefficient (Wildman–Crippen LogP) is -1.39. The summed E-state index contributed by atoms with van der Waals surface area (Å²) < 4.78 is 9.92. The molecule has 1 fully saturated rings. The van der Waals surface area contributed by atoms with Gasteiger partial charge < -0.3 is 19.7 Å². The molecule has 86 valence electrons. The lowest BCUT2D eigenvalue weighted by atomic mass is 10.2. The molecule has 6 heteroatoms. The van der Waals surface area contributed by atoms with Crippen LogP contribution in [-0.2, 0) is 19.1 Å². The van der Waals surface area contributed by atoms with Crippen molar-refractivity contribution in [3.05, 3.63) is 0 Å². The van der Waals surface area contributed by atoms with Gasteiger partial charge in [-0.25, -0.2) is 0 Å². The topological polar surface area (TPSA) is 67.9 Å². The van der Waals surface area contributed by atoms with Gasteiger partial charge in [0.05, 0.1) is 13.2 Å². The van der Waals surface area contributed by atoms with Crippen LogP contribution < -0.4 is 5.32 Å². The Hall–Kier alpha value is -1.14. The average Bonchev–Trinajstić information content (AvgIpc) is 2.28. The Morgan fingerprint density at radius 3 is 2.93 bits per heavy atom. The van der Waals surface area contributed by atoms with Crippen LogP contribution in [0.2, 0.25) is 0 Å². The molecule has 1 rings (SSSR count). The summed E-state index contributed by atoms with van der Waals surface area (Å²) in [4.78, 5) is 24.5. The average molecular weight is 216 g/mol. The molecule has 2 amide bonds. The van der Waals surface area contributed by atoms with Gasteiger partial charge in [-0.15, -0.1) is 0 Å². The lowest BCUT2D eigenvalue weighted by Crippen LogP contribution is -2.56. The van der Waals surface area contributed by atoms with Crippen LogP contribution in [-0.4, -0.2) is 63.3 Å². The Bertz CT molecular complexity index is 244. The Morgan fingerprint density at radius 2 is 2.33 bits per heavy atom. The Kier molecular flexibility index (Phi) is 4.51. The summed E-state index contributed by atoms with van der Waals surface area (Å²) in [6.07, 6.45) is 0. The number of morpholine rings is 1. The van der Waals surface area contributed by atoms with Crippen molar-refractivity contribution in [1.82, 2.24) is 10.2 Å². The van der Waals surface area contributed by atoms with Gasteiger partial charge in [0, 0.05) is 20.7 Å². The third-order valence-corrected chi connectivity index (χ3v) is 2.27. The molecule has 0 spiro atoms. The van der Waals surface area contributed by atoms with E-state index in [1.54, 1.807) is 0 Å². The van der Waals surface area contributed by atoms with Gasteiger partial charge in [0.1, 0.15) is 12.6 Å². The smallest absolute Gasteiger partial charge is 0.249 e. The van der Waals surface area contributed by atoms with Gasteiger partial charge in [-0.3, -0.25) is 9.59 Å². The van der Waals surface area contributed by atoms with Crippen molar-refractivity contribution < 1.29 is 19.1 Å². The molecule has 0 aromatic rings. The molecule has 1 saturated heterocycles. The van der Waals surface area contributed by atoms with Crippen LogP contribution in [0.3, 0.4) is 0 Å². The van der Waals surface area contributed by atoms with E-state index in [1.165, 1.54) is 19.1 Å². The van der Waals surface area contributed by atoms with Crippen LogP contribution >= 0.6 is 0 Å². The molecule has 0 radical (unpaired) electrons. The van der Waals surface area contributed by atoms with E-state index in [4.69, 9.17) is 9.47 Å². The van der Waals surface area contributed by atoms with E-state index in [9.17, 15) is 9.59 Å². The van der Waals surface area contributed by atoms with Gasteiger partial charge in [-0.05, 0) is 0 Å². The summed E-state index contributed by atoms with van der Waals surface area (Å²) in [7, 11) is 2.99. The molecule has 0 saturated carbocycles. The monoisotopic (exact) mass is 216 g/mol. The molecule has 15 heavy (non-hydrogen) atoms. The highest BCUT2D eigenvalue weighted by Gasteiger charge is 2.31. The van der Waals surface area contributed by atoms with Crippen molar-refractivity contribution in [2.24, 2.45) is 0 Å². The largest absolute Gasteiger partial charge is 0.377 e. The number of nitrogens with one attached hydrogen (secondary N) is 1. The molecule has 1 unspecified atom stereocenters. The maximum absolute atomic E-state index is 11.6. The number of hydrogen-bond acceptors (Lipinski definition) is 4. The number of nitrogens with zero attached hydrogens (tertiary/aromatic N) is 1. The van der Waals surface area contributed by atoms with Gasteiger partial charge in [0.15, 0.2) is 0 Å². The molecule has 1 aliphatic rings. The summed E-state index contributed by atoms with van der Waals surface area (Å²) in [5, 5.41) is 2.51. The van der Waals surface area contributed by atoms with E-state index in [1.807, 2.05) is 0 Å². The molecule has 1 aliphatic heterocycles. The Balaban J connectivity index is 2.65. The first-order valence-corrected chi connectivity index (χ1v) is 4.78. The maximum atomic E-state index is 11.6. The predicted molar refractivity (Wildman–Crippen MR) is 52.3 cm³/mol. The fraction of sp³-hybridized carbons (Fsp3) is 0.778. The summed E-state index contributed by atoms with van der Waals surface area (Å²) in [5.41, 5.74) is 0. The molecule has 6 nitrogen and oxygen atoms in total. The van der Waals surface area contributed by atoms with Gasteiger partial charge in [-0.1, -0.05) is 0 Å². The van der Waals surface area contributed by atoms with Crippen LogP contribution in [0.4, 0.5) is 0 Å². The number of hydrogen-bond donors (Lipinski definition) is 1. The number of amides is 2. The van der Waals surface area contributed by atoms with Crippen molar-refractivity contribution in [3.63, 3.8) is 0 Å². The van der Waals surface area contributed by atoms with Gasteiger partial charge in [0.2, 0.25) is 11.8 Å². The lowest BCUT2D eigenvalue weighted by molar-refractivity contribution is -0.150. The molecule has 0 aromatic heterocycles. The van der Waals surface area contributed by atoms with Gasteiger partial charge >= 0.3 is 0 Å². The van der Waals surface area contributed by atoms with E-state index < -0.39 is 6.04 Å². The first kappa shape index (κ1) is 11.9. The van der Waals surface area contributed by atoms with Crippen LogP contribution in [0.25, 0.3) is 0 Å². The number of likely N-dealkylation sites (N-methyl/N-ethyl adjacent to an activating group) is 1. The minimum atomic E-state index is -0.536. The molecular formula is C9H16N2O4. The van der Waals surface area contributed by atoms with Crippen molar-refractivity contribution in [2.45, 2.75) is 6.04 Å². The normalized spacial score (nSPS) is 21.2. The Labute approximate surface area is 88.5 Å². The maximum Gasteiger partial charge on any atom is 0.249 e. The molecule has 0 bridgehead atoms. The van der Waals surface area contributed by atoms with Crippen LogP contribution in [0.5, 0.6) is 0 Å². The van der Waals surface area contributed by atoms with E-state index in [0.717, 1.165) is 0 Å². The third-order valence-electron chi connectivity index (χ3n) is 2.27. The fourth-order valence-electron chi connectivity index (χ4n) is 1.49. The lowest BCUT2D eigenvalue weighted by Gasteiger charge is -2.34. The minimum absolute atomic E-state index is 0.00645. The summed E-state index contributed by atoms with van der Waals surface area (Å²) in [5.74, 6) is -0.395.